The molecule has 0 amide bonds. The van der Waals surface area contributed by atoms with E-state index in [1.54, 1.807) is 29.2 Å². The number of H-pyrrole nitrogens is 1. The van der Waals surface area contributed by atoms with Gasteiger partial charge >= 0.3 is 6.18 Å². The topological polar surface area (TPSA) is 95.8 Å². The number of hydrogen-bond donors (Lipinski definition) is 3. The Balaban J connectivity index is 1.52. The normalized spacial score (nSPS) is 16.2. The fourth-order valence-electron chi connectivity index (χ4n) is 4.59. The van der Waals surface area contributed by atoms with Gasteiger partial charge in [0.15, 0.2) is 0 Å². The molecule has 0 spiro atoms. The number of rotatable bonds is 8. The number of alkyl halides is 3. The van der Waals surface area contributed by atoms with Crippen LogP contribution in [-0.4, -0.2) is 43.3 Å². The average Bonchev–Trinajstić information content (AvgIpc) is 3.64. The summed E-state index contributed by atoms with van der Waals surface area (Å²) in [5, 5.41) is 16.9. The summed E-state index contributed by atoms with van der Waals surface area (Å²) in [6.45, 7) is -0.121. The van der Waals surface area contributed by atoms with Crippen LogP contribution in [0.2, 0.25) is 0 Å². The largest absolute Gasteiger partial charge is 0.417 e. The van der Waals surface area contributed by atoms with Crippen LogP contribution in [0.25, 0.3) is 16.8 Å². The van der Waals surface area contributed by atoms with Crippen molar-refractivity contribution in [3.63, 3.8) is 0 Å². The molecule has 2 aromatic carbocycles. The van der Waals surface area contributed by atoms with Crippen molar-refractivity contribution >= 4 is 11.5 Å². The summed E-state index contributed by atoms with van der Waals surface area (Å²) in [5.41, 5.74) is 1.46. The number of anilines is 1. The van der Waals surface area contributed by atoms with E-state index >= 15 is 0 Å². The highest BCUT2D eigenvalue weighted by molar-refractivity contribution is 6.06. The lowest BCUT2D eigenvalue weighted by Crippen LogP contribution is -2.37. The summed E-state index contributed by atoms with van der Waals surface area (Å²) in [7, 11) is 0. The van der Waals surface area contributed by atoms with Crippen LogP contribution in [0.4, 0.5) is 18.9 Å². The van der Waals surface area contributed by atoms with Crippen molar-refractivity contribution in [2.45, 2.75) is 18.6 Å². The van der Waals surface area contributed by atoms with Gasteiger partial charge in [-0.25, -0.2) is 9.67 Å². The van der Waals surface area contributed by atoms with Crippen molar-refractivity contribution in [3.8, 4) is 16.8 Å². The second kappa shape index (κ2) is 10.5. The Morgan fingerprint density at radius 2 is 2.00 bits per heavy atom. The second-order valence-corrected chi connectivity index (χ2v) is 8.88. The van der Waals surface area contributed by atoms with E-state index in [1.165, 1.54) is 36.8 Å². The first-order valence-electron chi connectivity index (χ1n) is 11.9. The van der Waals surface area contributed by atoms with E-state index in [0.29, 0.717) is 12.1 Å². The van der Waals surface area contributed by atoms with Gasteiger partial charge in [0.2, 0.25) is 5.78 Å². The zero-order valence-corrected chi connectivity index (χ0v) is 20.1. The number of Topliss-reactive ketones (excluding diaryl/α,β-unsaturated/α-hetero) is 1. The lowest BCUT2D eigenvalue weighted by atomic mass is 9.85. The van der Waals surface area contributed by atoms with E-state index < -0.39 is 17.8 Å². The van der Waals surface area contributed by atoms with Crippen molar-refractivity contribution in [1.29, 1.82) is 0 Å². The predicted octanol–water partition coefficient (Wildman–Crippen LogP) is 5.44. The van der Waals surface area contributed by atoms with E-state index in [4.69, 9.17) is 0 Å². The van der Waals surface area contributed by atoms with E-state index in [1.807, 2.05) is 24.3 Å². The summed E-state index contributed by atoms with van der Waals surface area (Å²) >= 11 is 0. The highest BCUT2D eigenvalue weighted by Gasteiger charge is 2.36. The van der Waals surface area contributed by atoms with Crippen molar-refractivity contribution in [2.75, 3.05) is 11.9 Å². The number of allylic oxidation sites excluding steroid dienone is 1. The maximum absolute atomic E-state index is 14.0. The van der Waals surface area contributed by atoms with Crippen LogP contribution in [0.1, 0.15) is 22.5 Å². The van der Waals surface area contributed by atoms with Crippen molar-refractivity contribution in [2.24, 2.45) is 5.92 Å². The van der Waals surface area contributed by atoms with Crippen LogP contribution in [-0.2, 0) is 6.18 Å². The average molecular weight is 520 g/mol. The molecule has 4 aromatic rings. The second-order valence-electron chi connectivity index (χ2n) is 8.88. The van der Waals surface area contributed by atoms with Crippen LogP contribution in [0.5, 0.6) is 0 Å². The molecule has 0 aliphatic heterocycles. The Bertz CT molecular complexity index is 1490. The SMILES string of the molecule is O=C(c1[nH]ccc1-c1ccccc1C(F)(F)F)C(Nc1cccc(-n2cncn2)c1)C1C=CC(CO)=CC1. The first-order valence-corrected chi connectivity index (χ1v) is 11.9. The maximum atomic E-state index is 14.0. The number of aliphatic hydroxyl groups excluding tert-OH is 1. The molecular weight excluding hydrogens is 495 g/mol. The van der Waals surface area contributed by atoms with Gasteiger partial charge in [0.05, 0.1) is 29.6 Å². The van der Waals surface area contributed by atoms with Crippen LogP contribution in [0.3, 0.4) is 0 Å². The summed E-state index contributed by atoms with van der Waals surface area (Å²) in [4.78, 5) is 20.9. The molecule has 0 bridgehead atoms. The van der Waals surface area contributed by atoms with Crippen LogP contribution >= 0.6 is 0 Å². The monoisotopic (exact) mass is 519 g/mol. The number of carbonyl (C=O) groups excluding carboxylic acids is 1. The number of hydrogen-bond acceptors (Lipinski definition) is 5. The van der Waals surface area contributed by atoms with E-state index in [0.717, 1.165) is 17.3 Å². The van der Waals surface area contributed by atoms with Crippen LogP contribution in [0, 0.1) is 5.92 Å². The number of ketones is 1. The molecule has 38 heavy (non-hydrogen) atoms. The Kier molecular flexibility index (Phi) is 6.97. The summed E-state index contributed by atoms with van der Waals surface area (Å²) in [6.07, 6.45) is 5.78. The third-order valence-electron chi connectivity index (χ3n) is 6.47. The predicted molar refractivity (Wildman–Crippen MR) is 137 cm³/mol. The quantitative estimate of drug-likeness (QED) is 0.270. The number of aromatic amines is 1. The smallest absolute Gasteiger partial charge is 0.392 e. The van der Waals surface area contributed by atoms with Crippen LogP contribution in [0.15, 0.2) is 97.2 Å². The minimum atomic E-state index is -4.58. The van der Waals surface area contributed by atoms with Gasteiger partial charge < -0.3 is 15.4 Å². The Labute approximate surface area is 216 Å². The lowest BCUT2D eigenvalue weighted by molar-refractivity contribution is -0.137. The van der Waals surface area contributed by atoms with E-state index in [9.17, 15) is 23.1 Å². The standard InChI is InChI=1S/C28H24F3N5O2/c29-28(30,31)24-7-2-1-6-22(24)23-12-13-33-26(23)27(38)25(19-10-8-18(15-37)9-11-19)35-20-4-3-5-21(14-20)36-17-32-16-34-36/h1-10,12-14,16-17,19,25,33,35,37H,11,15H2. The number of halogens is 3. The molecule has 0 radical (unpaired) electrons. The van der Waals surface area contributed by atoms with E-state index in [-0.39, 0.29) is 35.1 Å². The summed E-state index contributed by atoms with van der Waals surface area (Å²) in [5.74, 6) is -0.703. The molecular formula is C28H24F3N5O2. The molecule has 194 valence electrons. The molecule has 5 rings (SSSR count). The molecule has 0 saturated heterocycles. The molecule has 2 aromatic heterocycles. The number of aliphatic hydroxyl groups is 1. The molecule has 2 atom stereocenters. The van der Waals surface area contributed by atoms with Gasteiger partial charge in [0.25, 0.3) is 0 Å². The first-order chi connectivity index (χ1) is 18.3. The Hall–Kier alpha value is -4.44. The molecule has 1 aliphatic carbocycles. The van der Waals surface area contributed by atoms with Gasteiger partial charge in [-0.1, -0.05) is 42.5 Å². The minimum Gasteiger partial charge on any atom is -0.392 e. The number of aromatic nitrogens is 4. The zero-order chi connectivity index (χ0) is 26.7. The fraction of sp³-hybridized carbons (Fsp3) is 0.179. The minimum absolute atomic E-state index is 0.0711. The van der Waals surface area contributed by atoms with Crippen molar-refractivity contribution < 1.29 is 23.1 Å². The summed E-state index contributed by atoms with van der Waals surface area (Å²) < 4.78 is 42.9. The third kappa shape index (κ3) is 5.16. The Morgan fingerprint density at radius 1 is 1.16 bits per heavy atom. The van der Waals surface area contributed by atoms with Gasteiger partial charge in [-0.15, -0.1) is 0 Å². The molecule has 10 heteroatoms. The highest BCUT2D eigenvalue weighted by Crippen LogP contribution is 2.38. The number of nitrogens with one attached hydrogen (secondary N) is 2. The van der Waals surface area contributed by atoms with Gasteiger partial charge in [0, 0.05) is 23.4 Å². The summed E-state index contributed by atoms with van der Waals surface area (Å²) in [6, 6.07) is 13.1. The van der Waals surface area contributed by atoms with E-state index in [2.05, 4.69) is 20.4 Å². The van der Waals surface area contributed by atoms with Crippen LogP contribution < -0.4 is 5.32 Å². The van der Waals surface area contributed by atoms with Gasteiger partial charge in [0.1, 0.15) is 12.7 Å². The van der Waals surface area contributed by atoms with Crippen molar-refractivity contribution in [1.82, 2.24) is 19.7 Å². The van der Waals surface area contributed by atoms with Gasteiger partial charge in [-0.3, -0.25) is 4.79 Å². The molecule has 7 nitrogen and oxygen atoms in total. The molecule has 0 fully saturated rings. The first kappa shape index (κ1) is 25.2. The molecule has 0 saturated carbocycles. The fourth-order valence-corrected chi connectivity index (χ4v) is 4.59. The Morgan fingerprint density at radius 3 is 2.71 bits per heavy atom. The van der Waals surface area contributed by atoms with Crippen molar-refractivity contribution in [3.05, 3.63) is 109 Å². The third-order valence-corrected chi connectivity index (χ3v) is 6.47. The van der Waals surface area contributed by atoms with Gasteiger partial charge in [-0.05, 0) is 47.9 Å². The van der Waals surface area contributed by atoms with Gasteiger partial charge in [-0.2, -0.15) is 18.3 Å². The molecule has 2 heterocycles. The highest BCUT2D eigenvalue weighted by atomic mass is 19.4. The number of nitrogens with zero attached hydrogens (tertiary/aromatic N) is 3. The zero-order valence-electron chi connectivity index (χ0n) is 20.1. The molecule has 2 unspecified atom stereocenters. The molecule has 1 aliphatic rings. The number of benzene rings is 2. The molecule has 3 N–H and O–H groups in total. The number of carbonyl (C=O) groups is 1. The maximum Gasteiger partial charge on any atom is 0.417 e. The lowest BCUT2D eigenvalue weighted by Gasteiger charge is -2.27.